The molecule has 0 spiro atoms. The summed E-state index contributed by atoms with van der Waals surface area (Å²) in [5, 5.41) is 7.65. The Kier molecular flexibility index (Phi) is 14.3. The van der Waals surface area contributed by atoms with Crippen molar-refractivity contribution in [2.75, 3.05) is 5.75 Å². The summed E-state index contributed by atoms with van der Waals surface area (Å²) in [6, 6.07) is 0. The Hall–Kier alpha value is 0.387. The summed E-state index contributed by atoms with van der Waals surface area (Å²) >= 11 is 7.08. The highest BCUT2D eigenvalue weighted by Crippen LogP contribution is 1.66. The minimum Gasteiger partial charge on any atom is -0.481 e. The Morgan fingerprint density at radius 2 is 1.86 bits per heavy atom. The van der Waals surface area contributed by atoms with Gasteiger partial charge in [-0.05, 0) is 0 Å². The van der Waals surface area contributed by atoms with Crippen LogP contribution in [0.3, 0.4) is 0 Å². The molecular formula is C2H8O2S2Si. The predicted molar refractivity (Wildman–Crippen MR) is 40.4 cm³/mol. The summed E-state index contributed by atoms with van der Waals surface area (Å²) in [5.74, 6) is -0.965. The van der Waals surface area contributed by atoms with Crippen LogP contribution in [0.2, 0.25) is 0 Å². The van der Waals surface area contributed by atoms with E-state index in [0.29, 0.717) is 0 Å². The fourth-order valence-electron chi connectivity index (χ4n) is 0. The summed E-state index contributed by atoms with van der Waals surface area (Å²) in [6.07, 6.45) is 0. The van der Waals surface area contributed by atoms with Gasteiger partial charge in [0.05, 0.1) is 15.1 Å². The summed E-state index contributed by atoms with van der Waals surface area (Å²) in [5.41, 5.74) is 0. The van der Waals surface area contributed by atoms with Crippen molar-refractivity contribution in [3.63, 3.8) is 0 Å². The summed E-state index contributed by atoms with van der Waals surface area (Å²) in [4.78, 5) is 9.29. The van der Waals surface area contributed by atoms with Crippen LogP contribution < -0.4 is 0 Å². The van der Waals surface area contributed by atoms with E-state index in [2.05, 4.69) is 24.7 Å². The van der Waals surface area contributed by atoms with Gasteiger partial charge in [0, 0.05) is 0 Å². The third-order valence-electron chi connectivity index (χ3n) is 0.135. The number of carboxylic acids is 1. The molecular weight excluding hydrogens is 148 g/mol. The highest BCUT2D eigenvalue weighted by atomic mass is 32.3. The minimum absolute atomic E-state index is 0.0833. The van der Waals surface area contributed by atoms with Crippen LogP contribution in [-0.2, 0) is 4.79 Å². The molecule has 0 aliphatic rings. The molecule has 0 aliphatic carbocycles. The molecule has 7 heavy (non-hydrogen) atoms. The minimum atomic E-state index is -0.881. The van der Waals surface area contributed by atoms with Gasteiger partial charge in [0.1, 0.15) is 0 Å². The molecule has 0 fully saturated rings. The third-order valence-corrected chi connectivity index (χ3v) is 0.406. The maximum absolute atomic E-state index is 9.29. The normalized spacial score (nSPS) is 6.57. The van der Waals surface area contributed by atoms with Gasteiger partial charge >= 0.3 is 5.97 Å². The van der Waals surface area contributed by atoms with Crippen molar-refractivity contribution in [3.8, 4) is 0 Å². The monoisotopic (exact) mass is 156 g/mol. The molecule has 44 valence electrons. The maximum atomic E-state index is 9.29. The number of carboxylic acid groups (broad SMARTS) is 1. The molecule has 0 aromatic carbocycles. The van der Waals surface area contributed by atoms with Crippen LogP contribution in [-0.4, -0.2) is 26.2 Å². The van der Waals surface area contributed by atoms with E-state index in [9.17, 15) is 4.79 Å². The smallest absolute Gasteiger partial charge is 0.313 e. The van der Waals surface area contributed by atoms with Gasteiger partial charge < -0.3 is 5.11 Å². The number of carbonyl (C=O) groups is 1. The van der Waals surface area contributed by atoms with Gasteiger partial charge in [-0.15, -0.1) is 0 Å². The van der Waals surface area contributed by atoms with E-state index in [0.717, 1.165) is 9.39 Å². The number of aliphatic carboxylic acids is 1. The number of hydrogen-bond donors (Lipinski definition) is 3. The fraction of sp³-hybridized carbons (Fsp3) is 0.500. The second-order valence-corrected chi connectivity index (χ2v) is 0.868. The van der Waals surface area contributed by atoms with Gasteiger partial charge in [0.2, 0.25) is 0 Å². The van der Waals surface area contributed by atoms with Gasteiger partial charge in [-0.3, -0.25) is 4.79 Å². The lowest BCUT2D eigenvalue weighted by atomic mass is 10.8. The lowest BCUT2D eigenvalue weighted by Gasteiger charge is -1.71. The quantitative estimate of drug-likeness (QED) is 0.343. The van der Waals surface area contributed by atoms with Crippen LogP contribution in [0.5, 0.6) is 0 Å². The lowest BCUT2D eigenvalue weighted by Crippen LogP contribution is -1.92. The second-order valence-electron chi connectivity index (χ2n) is 0.552. The van der Waals surface area contributed by atoms with E-state index in [4.69, 9.17) is 5.11 Å². The molecule has 0 bridgehead atoms. The van der Waals surface area contributed by atoms with Gasteiger partial charge in [0.15, 0.2) is 0 Å². The first-order chi connectivity index (χ1) is 3.27. The van der Waals surface area contributed by atoms with Crippen molar-refractivity contribution in [2.45, 2.75) is 0 Å². The van der Waals surface area contributed by atoms with E-state index < -0.39 is 5.97 Å². The highest BCUT2D eigenvalue weighted by Gasteiger charge is 1.81. The number of thiol groups is 2. The van der Waals surface area contributed by atoms with Crippen molar-refractivity contribution >= 4 is 40.1 Å². The van der Waals surface area contributed by atoms with E-state index >= 15 is 0 Å². The van der Waals surface area contributed by atoms with Crippen LogP contribution in [0.15, 0.2) is 0 Å². The molecule has 2 nitrogen and oxygen atoms in total. The molecule has 0 amide bonds. The molecule has 0 saturated carbocycles. The zero-order valence-electron chi connectivity index (χ0n) is 3.96. The Labute approximate surface area is 56.2 Å². The van der Waals surface area contributed by atoms with Crippen molar-refractivity contribution in [3.05, 3.63) is 0 Å². The van der Waals surface area contributed by atoms with Gasteiger partial charge in [-0.2, -0.15) is 12.6 Å². The average molecular weight is 156 g/mol. The van der Waals surface area contributed by atoms with E-state index in [1.807, 2.05) is 0 Å². The third kappa shape index (κ3) is 21.6. The molecule has 0 atom stereocenters. The Balaban J connectivity index is 0. The van der Waals surface area contributed by atoms with Gasteiger partial charge in [-0.25, -0.2) is 12.1 Å². The second kappa shape index (κ2) is 9.63. The molecule has 0 aromatic heterocycles. The number of hydrogen-bond acceptors (Lipinski definition) is 3. The highest BCUT2D eigenvalue weighted by molar-refractivity contribution is 8.03. The van der Waals surface area contributed by atoms with Crippen molar-refractivity contribution in [2.24, 2.45) is 0 Å². The topological polar surface area (TPSA) is 37.3 Å². The van der Waals surface area contributed by atoms with Gasteiger partial charge in [-0.1, -0.05) is 0 Å². The molecule has 0 aromatic rings. The van der Waals surface area contributed by atoms with E-state index in [-0.39, 0.29) is 5.75 Å². The molecule has 1 N–H and O–H groups in total. The van der Waals surface area contributed by atoms with Crippen LogP contribution in [0.25, 0.3) is 0 Å². The molecule has 0 saturated heterocycles. The Morgan fingerprint density at radius 1 is 1.71 bits per heavy atom. The summed E-state index contributed by atoms with van der Waals surface area (Å²) in [7, 11) is 1.00. The predicted octanol–water partition coefficient (Wildman–Crippen LogP) is -0.803. The van der Waals surface area contributed by atoms with Crippen molar-refractivity contribution in [1.82, 2.24) is 0 Å². The molecule has 5 heteroatoms. The summed E-state index contributed by atoms with van der Waals surface area (Å²) < 4.78 is 0. The van der Waals surface area contributed by atoms with Crippen LogP contribution in [0.4, 0.5) is 0 Å². The lowest BCUT2D eigenvalue weighted by molar-refractivity contribution is -0.133. The SMILES string of the molecule is O=C(O)CS.[SiH3]S. The zero-order chi connectivity index (χ0) is 6.28. The summed E-state index contributed by atoms with van der Waals surface area (Å²) in [6.45, 7) is 0. The van der Waals surface area contributed by atoms with Crippen molar-refractivity contribution in [1.29, 1.82) is 0 Å². The van der Waals surface area contributed by atoms with Crippen molar-refractivity contribution < 1.29 is 9.90 Å². The van der Waals surface area contributed by atoms with Crippen LogP contribution in [0, 0.1) is 0 Å². The first-order valence-corrected chi connectivity index (χ1v) is 5.75. The Morgan fingerprint density at radius 3 is 1.86 bits per heavy atom. The molecule has 0 rings (SSSR count). The van der Waals surface area contributed by atoms with Gasteiger partial charge in [0.25, 0.3) is 0 Å². The Bertz CT molecular complexity index is 49.0. The maximum Gasteiger partial charge on any atom is 0.313 e. The van der Waals surface area contributed by atoms with E-state index in [1.165, 1.54) is 0 Å². The average Bonchev–Trinajstić information content (AvgIpc) is 1.73. The number of rotatable bonds is 1. The van der Waals surface area contributed by atoms with E-state index in [1.54, 1.807) is 0 Å². The standard InChI is InChI=1S/C2H4O2S.H4SSi/c3-2(4)1-5;1-2/h5H,1H2,(H,3,4);1H,2H3. The van der Waals surface area contributed by atoms with Crippen LogP contribution in [0.1, 0.15) is 0 Å². The molecule has 0 heterocycles. The zero-order valence-corrected chi connectivity index (χ0v) is 7.75. The molecule has 0 aliphatic heterocycles. The largest absolute Gasteiger partial charge is 0.481 e. The fourth-order valence-corrected chi connectivity index (χ4v) is 0. The van der Waals surface area contributed by atoms with Crippen LogP contribution >= 0.6 is 24.7 Å². The molecule has 0 unspecified atom stereocenters. The first-order valence-electron chi connectivity index (χ1n) is 1.54. The molecule has 0 radical (unpaired) electrons. The first kappa shape index (κ1) is 10.4.